The second-order valence-corrected chi connectivity index (χ2v) is 3.70. The van der Waals surface area contributed by atoms with Gasteiger partial charge in [0, 0.05) is 0 Å². The zero-order chi connectivity index (χ0) is 11.6. The Morgan fingerprint density at radius 3 is 2.40 bits per heavy atom. The van der Waals surface area contributed by atoms with Crippen LogP contribution in [-0.2, 0) is 0 Å². The smallest absolute Gasteiger partial charge is 0.336 e. The Hall–Kier alpha value is -1.23. The SMILES string of the molecule is COc1cc(C(=O)O)c(C)c(Br)c1OC. The minimum atomic E-state index is -0.992. The summed E-state index contributed by atoms with van der Waals surface area (Å²) in [5, 5.41) is 8.96. The lowest BCUT2D eigenvalue weighted by Crippen LogP contribution is -2.03. The van der Waals surface area contributed by atoms with Gasteiger partial charge in [0.15, 0.2) is 11.5 Å². The second kappa shape index (κ2) is 4.53. The van der Waals surface area contributed by atoms with Crippen LogP contribution in [-0.4, -0.2) is 25.3 Å². The molecule has 5 heteroatoms. The number of benzene rings is 1. The fourth-order valence-electron chi connectivity index (χ4n) is 1.27. The van der Waals surface area contributed by atoms with E-state index in [0.717, 1.165) is 0 Å². The summed E-state index contributed by atoms with van der Waals surface area (Å²) in [5.41, 5.74) is 0.805. The summed E-state index contributed by atoms with van der Waals surface area (Å²) in [7, 11) is 2.97. The quantitative estimate of drug-likeness (QED) is 0.920. The molecule has 0 aliphatic carbocycles. The number of carboxylic acid groups (broad SMARTS) is 1. The van der Waals surface area contributed by atoms with E-state index < -0.39 is 5.97 Å². The fraction of sp³-hybridized carbons (Fsp3) is 0.300. The van der Waals surface area contributed by atoms with Crippen LogP contribution in [0.2, 0.25) is 0 Å². The topological polar surface area (TPSA) is 55.8 Å². The van der Waals surface area contributed by atoms with Crippen LogP contribution < -0.4 is 9.47 Å². The van der Waals surface area contributed by atoms with Gasteiger partial charge in [-0.3, -0.25) is 0 Å². The van der Waals surface area contributed by atoms with Crippen molar-refractivity contribution in [2.75, 3.05) is 14.2 Å². The minimum Gasteiger partial charge on any atom is -0.493 e. The van der Waals surface area contributed by atoms with Crippen molar-refractivity contribution in [2.45, 2.75) is 6.92 Å². The zero-order valence-corrected chi connectivity index (χ0v) is 10.2. The second-order valence-electron chi connectivity index (χ2n) is 2.90. The highest BCUT2D eigenvalue weighted by molar-refractivity contribution is 9.10. The molecule has 1 rings (SSSR count). The molecule has 0 amide bonds. The van der Waals surface area contributed by atoms with Gasteiger partial charge in [-0.05, 0) is 34.5 Å². The molecule has 0 heterocycles. The normalized spacial score (nSPS) is 9.87. The van der Waals surface area contributed by atoms with Crippen molar-refractivity contribution >= 4 is 21.9 Å². The van der Waals surface area contributed by atoms with Crippen molar-refractivity contribution in [3.8, 4) is 11.5 Å². The molecule has 82 valence electrons. The van der Waals surface area contributed by atoms with Crippen molar-refractivity contribution in [2.24, 2.45) is 0 Å². The van der Waals surface area contributed by atoms with Crippen LogP contribution in [0.25, 0.3) is 0 Å². The number of halogens is 1. The number of ether oxygens (including phenoxy) is 2. The third kappa shape index (κ3) is 2.07. The Morgan fingerprint density at radius 2 is 2.00 bits per heavy atom. The predicted molar refractivity (Wildman–Crippen MR) is 58.9 cm³/mol. The molecule has 0 bridgehead atoms. The molecule has 0 saturated heterocycles. The number of carboxylic acids is 1. The van der Waals surface area contributed by atoms with Gasteiger partial charge in [0.2, 0.25) is 0 Å². The van der Waals surface area contributed by atoms with Gasteiger partial charge in [-0.2, -0.15) is 0 Å². The highest BCUT2D eigenvalue weighted by Crippen LogP contribution is 2.39. The number of rotatable bonds is 3. The Balaban J connectivity index is 3.49. The Morgan fingerprint density at radius 1 is 1.40 bits per heavy atom. The summed E-state index contributed by atoms with van der Waals surface area (Å²) in [6.45, 7) is 1.70. The number of hydrogen-bond acceptors (Lipinski definition) is 3. The number of carbonyl (C=O) groups is 1. The summed E-state index contributed by atoms with van der Waals surface area (Å²) in [6.07, 6.45) is 0. The molecular weight excluding hydrogens is 264 g/mol. The maximum absolute atomic E-state index is 10.9. The number of aromatic carboxylic acids is 1. The number of hydrogen-bond donors (Lipinski definition) is 1. The largest absolute Gasteiger partial charge is 0.493 e. The lowest BCUT2D eigenvalue weighted by Gasteiger charge is -2.13. The summed E-state index contributed by atoms with van der Waals surface area (Å²) in [5.74, 6) is -0.0958. The molecule has 1 aromatic carbocycles. The summed E-state index contributed by atoms with van der Waals surface area (Å²) in [6, 6.07) is 1.45. The molecule has 0 radical (unpaired) electrons. The monoisotopic (exact) mass is 274 g/mol. The molecule has 0 spiro atoms. The first kappa shape index (κ1) is 11.8. The van der Waals surface area contributed by atoms with E-state index >= 15 is 0 Å². The van der Waals surface area contributed by atoms with Crippen molar-refractivity contribution in [1.29, 1.82) is 0 Å². The molecule has 0 aliphatic rings. The van der Waals surface area contributed by atoms with E-state index in [1.807, 2.05) is 0 Å². The van der Waals surface area contributed by atoms with Crippen LogP contribution in [0.1, 0.15) is 15.9 Å². The van der Waals surface area contributed by atoms with Crippen molar-refractivity contribution in [3.63, 3.8) is 0 Å². The summed E-state index contributed by atoms with van der Waals surface area (Å²) in [4.78, 5) is 10.9. The molecule has 1 N–H and O–H groups in total. The van der Waals surface area contributed by atoms with Gasteiger partial charge < -0.3 is 14.6 Å². The Kier molecular flexibility index (Phi) is 3.57. The lowest BCUT2D eigenvalue weighted by molar-refractivity contribution is 0.0695. The van der Waals surface area contributed by atoms with Gasteiger partial charge in [-0.15, -0.1) is 0 Å². The maximum Gasteiger partial charge on any atom is 0.336 e. The predicted octanol–water partition coefficient (Wildman–Crippen LogP) is 2.47. The minimum absolute atomic E-state index is 0.194. The molecule has 4 nitrogen and oxygen atoms in total. The van der Waals surface area contributed by atoms with E-state index in [9.17, 15) is 4.79 Å². The number of methoxy groups -OCH3 is 2. The van der Waals surface area contributed by atoms with Crippen molar-refractivity contribution in [3.05, 3.63) is 21.7 Å². The van der Waals surface area contributed by atoms with Crippen molar-refractivity contribution < 1.29 is 19.4 Å². The van der Waals surface area contributed by atoms with Gasteiger partial charge in [-0.1, -0.05) is 0 Å². The van der Waals surface area contributed by atoms with E-state index in [4.69, 9.17) is 14.6 Å². The van der Waals surface area contributed by atoms with Gasteiger partial charge >= 0.3 is 5.97 Å². The average Bonchev–Trinajstić information content (AvgIpc) is 2.21. The lowest BCUT2D eigenvalue weighted by atomic mass is 10.1. The van der Waals surface area contributed by atoms with E-state index in [1.54, 1.807) is 6.92 Å². The van der Waals surface area contributed by atoms with Gasteiger partial charge in [0.05, 0.1) is 24.3 Å². The first-order valence-corrected chi connectivity index (χ1v) is 4.96. The summed E-state index contributed by atoms with van der Waals surface area (Å²) >= 11 is 3.28. The molecule has 0 atom stereocenters. The Labute approximate surface area is 95.9 Å². The molecule has 0 aromatic heterocycles. The standard InChI is InChI=1S/C10H11BrO4/c1-5-6(10(12)13)4-7(14-2)9(15-3)8(5)11/h4H,1-3H3,(H,12,13). The fourth-order valence-corrected chi connectivity index (χ4v) is 1.84. The van der Waals surface area contributed by atoms with Gasteiger partial charge in [-0.25, -0.2) is 4.79 Å². The molecular formula is C10H11BrO4. The third-order valence-corrected chi connectivity index (χ3v) is 3.04. The van der Waals surface area contributed by atoms with Crippen LogP contribution in [0.5, 0.6) is 11.5 Å². The first-order chi connectivity index (χ1) is 7.02. The Bertz CT molecular complexity index is 401. The molecule has 0 saturated carbocycles. The molecule has 15 heavy (non-hydrogen) atoms. The van der Waals surface area contributed by atoms with Crippen LogP contribution in [0, 0.1) is 6.92 Å². The highest BCUT2D eigenvalue weighted by Gasteiger charge is 2.18. The van der Waals surface area contributed by atoms with Crippen LogP contribution in [0.4, 0.5) is 0 Å². The van der Waals surface area contributed by atoms with Gasteiger partial charge in [0.1, 0.15) is 0 Å². The molecule has 0 aliphatic heterocycles. The molecule has 0 unspecified atom stereocenters. The molecule has 0 fully saturated rings. The van der Waals surface area contributed by atoms with Crippen LogP contribution in [0.3, 0.4) is 0 Å². The van der Waals surface area contributed by atoms with E-state index in [-0.39, 0.29) is 5.56 Å². The van der Waals surface area contributed by atoms with Gasteiger partial charge in [0.25, 0.3) is 0 Å². The average molecular weight is 275 g/mol. The maximum atomic E-state index is 10.9. The highest BCUT2D eigenvalue weighted by atomic mass is 79.9. The van der Waals surface area contributed by atoms with Crippen LogP contribution >= 0.6 is 15.9 Å². The third-order valence-electron chi connectivity index (χ3n) is 2.09. The van der Waals surface area contributed by atoms with Crippen molar-refractivity contribution in [1.82, 2.24) is 0 Å². The van der Waals surface area contributed by atoms with E-state index in [2.05, 4.69) is 15.9 Å². The van der Waals surface area contributed by atoms with E-state index in [0.29, 0.717) is 21.5 Å². The zero-order valence-electron chi connectivity index (χ0n) is 8.63. The summed E-state index contributed by atoms with van der Waals surface area (Å²) < 4.78 is 10.8. The first-order valence-electron chi connectivity index (χ1n) is 4.17. The van der Waals surface area contributed by atoms with E-state index in [1.165, 1.54) is 20.3 Å². The molecule has 1 aromatic rings. The van der Waals surface area contributed by atoms with Crippen LogP contribution in [0.15, 0.2) is 10.5 Å².